The van der Waals surface area contributed by atoms with Crippen LogP contribution in [0.2, 0.25) is 0 Å². The highest BCUT2D eigenvalue weighted by atomic mass is 16.5. The summed E-state index contributed by atoms with van der Waals surface area (Å²) in [7, 11) is 0. The van der Waals surface area contributed by atoms with Crippen LogP contribution >= 0.6 is 0 Å². The normalized spacial score (nSPS) is 15.8. The van der Waals surface area contributed by atoms with E-state index in [1.807, 2.05) is 30.3 Å². The van der Waals surface area contributed by atoms with Crippen molar-refractivity contribution in [1.29, 1.82) is 0 Å². The van der Waals surface area contributed by atoms with E-state index in [9.17, 15) is 0 Å². The predicted molar refractivity (Wildman–Crippen MR) is 107 cm³/mol. The van der Waals surface area contributed by atoms with Crippen LogP contribution in [0.15, 0.2) is 54.6 Å². The van der Waals surface area contributed by atoms with E-state index in [4.69, 9.17) is 9.47 Å². The molecule has 2 aromatic heterocycles. The minimum atomic E-state index is -0.275. The average Bonchev–Trinajstić information content (AvgIpc) is 3.06. The lowest BCUT2D eigenvalue weighted by Crippen LogP contribution is -2.29. The molecule has 5 rings (SSSR count). The van der Waals surface area contributed by atoms with Crippen LogP contribution in [0.1, 0.15) is 30.8 Å². The molecule has 0 spiro atoms. The fourth-order valence-electron chi connectivity index (χ4n) is 3.92. The van der Waals surface area contributed by atoms with Crippen molar-refractivity contribution in [3.8, 4) is 5.75 Å². The molecule has 136 valence electrons. The lowest BCUT2D eigenvalue weighted by Gasteiger charge is -2.30. The summed E-state index contributed by atoms with van der Waals surface area (Å²) < 4.78 is 12.0. The minimum absolute atomic E-state index is 0.275. The smallest absolute Gasteiger partial charge is 0.130 e. The Balaban J connectivity index is 1.43. The average molecular weight is 358 g/mol. The molecule has 4 heteroatoms. The molecule has 0 atom stereocenters. The van der Waals surface area contributed by atoms with E-state index in [0.717, 1.165) is 40.9 Å². The number of ether oxygens (including phenoxy) is 2. The molecule has 0 fully saturated rings. The van der Waals surface area contributed by atoms with Crippen LogP contribution in [0.4, 0.5) is 0 Å². The molecule has 0 radical (unpaired) electrons. The van der Waals surface area contributed by atoms with Crippen LogP contribution < -0.4 is 4.74 Å². The zero-order valence-electron chi connectivity index (χ0n) is 15.6. The standard InChI is InChI=1S/C23H22N2O2/c1-23(2)22-18(11-12-27-23)19-13-17(9-10-21(19)25-22)26-14-16-8-7-15-5-3-4-6-20(15)24-16/h3-10,13,25H,11-12,14H2,1-2H3. The Morgan fingerprint density at radius 3 is 2.93 bits per heavy atom. The summed E-state index contributed by atoms with van der Waals surface area (Å²) in [6.07, 6.45) is 0.925. The molecule has 0 amide bonds. The molecule has 27 heavy (non-hydrogen) atoms. The van der Waals surface area contributed by atoms with Gasteiger partial charge in [-0.25, -0.2) is 4.98 Å². The van der Waals surface area contributed by atoms with Gasteiger partial charge in [0.2, 0.25) is 0 Å². The molecular weight excluding hydrogens is 336 g/mol. The Morgan fingerprint density at radius 2 is 2.00 bits per heavy atom. The third-order valence-electron chi connectivity index (χ3n) is 5.34. The summed E-state index contributed by atoms with van der Waals surface area (Å²) in [4.78, 5) is 8.22. The van der Waals surface area contributed by atoms with E-state index in [0.29, 0.717) is 6.61 Å². The lowest BCUT2D eigenvalue weighted by molar-refractivity contribution is -0.0339. The third kappa shape index (κ3) is 2.86. The number of para-hydroxylation sites is 1. The van der Waals surface area contributed by atoms with Gasteiger partial charge in [0.25, 0.3) is 0 Å². The topological polar surface area (TPSA) is 47.1 Å². The number of benzene rings is 2. The molecule has 1 aliphatic rings. The first-order valence-corrected chi connectivity index (χ1v) is 9.37. The van der Waals surface area contributed by atoms with Crippen LogP contribution in [0.3, 0.4) is 0 Å². The summed E-state index contributed by atoms with van der Waals surface area (Å²) >= 11 is 0. The first-order valence-electron chi connectivity index (χ1n) is 9.37. The van der Waals surface area contributed by atoms with Gasteiger partial charge < -0.3 is 14.5 Å². The van der Waals surface area contributed by atoms with Gasteiger partial charge in [0, 0.05) is 16.3 Å². The summed E-state index contributed by atoms with van der Waals surface area (Å²) in [6, 6.07) is 18.5. The monoisotopic (exact) mass is 358 g/mol. The van der Waals surface area contributed by atoms with Gasteiger partial charge in [-0.3, -0.25) is 0 Å². The van der Waals surface area contributed by atoms with Crippen molar-refractivity contribution in [3.63, 3.8) is 0 Å². The van der Waals surface area contributed by atoms with Crippen LogP contribution in [0.25, 0.3) is 21.8 Å². The minimum Gasteiger partial charge on any atom is -0.487 e. The van der Waals surface area contributed by atoms with Crippen molar-refractivity contribution in [3.05, 3.63) is 71.5 Å². The van der Waals surface area contributed by atoms with Crippen LogP contribution in [0.5, 0.6) is 5.75 Å². The fourth-order valence-corrected chi connectivity index (χ4v) is 3.92. The number of nitrogens with zero attached hydrogens (tertiary/aromatic N) is 1. The highest BCUT2D eigenvalue weighted by Crippen LogP contribution is 2.37. The molecule has 0 unspecified atom stereocenters. The number of rotatable bonds is 3. The summed E-state index contributed by atoms with van der Waals surface area (Å²) in [5, 5.41) is 2.37. The number of hydrogen-bond acceptors (Lipinski definition) is 3. The van der Waals surface area contributed by atoms with Crippen molar-refractivity contribution >= 4 is 21.8 Å². The van der Waals surface area contributed by atoms with Gasteiger partial charge in [0.15, 0.2) is 0 Å². The molecule has 4 nitrogen and oxygen atoms in total. The third-order valence-corrected chi connectivity index (χ3v) is 5.34. The number of fused-ring (bicyclic) bond motifs is 4. The van der Waals surface area contributed by atoms with E-state index in [1.54, 1.807) is 0 Å². The number of aromatic nitrogens is 2. The van der Waals surface area contributed by atoms with Gasteiger partial charge in [-0.05, 0) is 56.2 Å². The van der Waals surface area contributed by atoms with Gasteiger partial charge in [0.05, 0.1) is 23.5 Å². The number of nitrogens with one attached hydrogen (secondary N) is 1. The summed E-state index contributed by atoms with van der Waals surface area (Å²) in [5.41, 5.74) is 5.31. The first-order chi connectivity index (χ1) is 13.1. The van der Waals surface area contributed by atoms with E-state index in [1.165, 1.54) is 16.6 Å². The van der Waals surface area contributed by atoms with Crippen molar-refractivity contribution in [2.45, 2.75) is 32.5 Å². The second-order valence-corrected chi connectivity index (χ2v) is 7.58. The number of H-pyrrole nitrogens is 1. The molecule has 1 N–H and O–H groups in total. The molecule has 0 saturated carbocycles. The van der Waals surface area contributed by atoms with Crippen molar-refractivity contribution in [2.75, 3.05) is 6.61 Å². The second kappa shape index (κ2) is 6.10. The highest BCUT2D eigenvalue weighted by Gasteiger charge is 2.31. The Morgan fingerprint density at radius 1 is 1.11 bits per heavy atom. The van der Waals surface area contributed by atoms with Crippen LogP contribution in [-0.4, -0.2) is 16.6 Å². The molecule has 2 aromatic carbocycles. The molecule has 3 heterocycles. The van der Waals surface area contributed by atoms with Gasteiger partial charge in [-0.15, -0.1) is 0 Å². The van der Waals surface area contributed by atoms with Gasteiger partial charge in [-0.2, -0.15) is 0 Å². The first kappa shape index (κ1) is 16.3. The molecule has 0 aliphatic carbocycles. The molecular formula is C23H22N2O2. The Kier molecular flexibility index (Phi) is 3.69. The maximum Gasteiger partial charge on any atom is 0.130 e. The van der Waals surface area contributed by atoms with Crippen LogP contribution in [0, 0.1) is 0 Å². The second-order valence-electron chi connectivity index (χ2n) is 7.58. The Hall–Kier alpha value is -2.85. The van der Waals surface area contributed by atoms with Gasteiger partial charge in [0.1, 0.15) is 18.0 Å². The lowest BCUT2D eigenvalue weighted by atomic mass is 9.95. The molecule has 0 saturated heterocycles. The maximum absolute atomic E-state index is 6.05. The zero-order chi connectivity index (χ0) is 18.4. The quantitative estimate of drug-likeness (QED) is 0.554. The van der Waals surface area contributed by atoms with Crippen molar-refractivity contribution in [1.82, 2.24) is 9.97 Å². The van der Waals surface area contributed by atoms with Crippen molar-refractivity contribution < 1.29 is 9.47 Å². The van der Waals surface area contributed by atoms with E-state index in [2.05, 4.69) is 48.1 Å². The Labute approximate surface area is 158 Å². The molecule has 1 aliphatic heterocycles. The van der Waals surface area contributed by atoms with E-state index in [-0.39, 0.29) is 5.60 Å². The molecule has 4 aromatic rings. The number of aromatic amines is 1. The highest BCUT2D eigenvalue weighted by molar-refractivity contribution is 5.86. The van der Waals surface area contributed by atoms with E-state index < -0.39 is 0 Å². The van der Waals surface area contributed by atoms with Crippen LogP contribution in [-0.2, 0) is 23.4 Å². The van der Waals surface area contributed by atoms with Crippen molar-refractivity contribution in [2.24, 2.45) is 0 Å². The SMILES string of the molecule is CC1(C)OCCc2c1[nH]c1ccc(OCc3ccc4ccccc4n3)cc21. The summed E-state index contributed by atoms with van der Waals surface area (Å²) in [6.45, 7) is 5.43. The van der Waals surface area contributed by atoms with Gasteiger partial charge in [-0.1, -0.05) is 24.3 Å². The fraction of sp³-hybridized carbons (Fsp3) is 0.261. The Bertz CT molecular complexity index is 1140. The van der Waals surface area contributed by atoms with Gasteiger partial charge >= 0.3 is 0 Å². The largest absolute Gasteiger partial charge is 0.487 e. The molecule has 0 bridgehead atoms. The maximum atomic E-state index is 6.05. The summed E-state index contributed by atoms with van der Waals surface area (Å²) in [5.74, 6) is 0.864. The predicted octanol–water partition coefficient (Wildman–Crippen LogP) is 5.10. The number of hydrogen-bond donors (Lipinski definition) is 1. The number of pyridine rings is 1. The zero-order valence-corrected chi connectivity index (χ0v) is 15.6. The van der Waals surface area contributed by atoms with E-state index >= 15 is 0 Å².